The van der Waals surface area contributed by atoms with Crippen molar-refractivity contribution in [2.45, 2.75) is 19.8 Å². The van der Waals surface area contributed by atoms with E-state index in [2.05, 4.69) is 36.5 Å². The molecule has 0 radical (unpaired) electrons. The average Bonchev–Trinajstić information content (AvgIpc) is 2.47. The molecule has 0 unspecified atom stereocenters. The first-order valence-electron chi connectivity index (χ1n) is 6.45. The van der Waals surface area contributed by atoms with Crippen LogP contribution in [-0.4, -0.2) is 17.8 Å². The normalized spacial score (nSPS) is 9.45. The fourth-order valence-corrected chi connectivity index (χ4v) is 1.75. The maximum absolute atomic E-state index is 9.99. The molecule has 0 heterocycles. The van der Waals surface area contributed by atoms with E-state index in [1.807, 2.05) is 31.2 Å². The first-order chi connectivity index (χ1) is 9.60. The van der Waals surface area contributed by atoms with E-state index in [1.165, 1.54) is 5.39 Å². The highest BCUT2D eigenvalue weighted by Gasteiger charge is 1.99. The summed E-state index contributed by atoms with van der Waals surface area (Å²) in [6.45, 7) is 8.80. The smallest absolute Gasteiger partial charge is 0.330 e. The summed E-state index contributed by atoms with van der Waals surface area (Å²) in [7, 11) is 0. The van der Waals surface area contributed by atoms with Crippen molar-refractivity contribution >= 4 is 29.1 Å². The van der Waals surface area contributed by atoms with Gasteiger partial charge in [0.1, 0.15) is 0 Å². The molecule has 104 valence electrons. The molecule has 0 aliphatic heterocycles. The number of benzene rings is 2. The monoisotopic (exact) mass is 269 g/mol. The molecule has 0 atom stereocenters. The van der Waals surface area contributed by atoms with Crippen LogP contribution in [-0.2, 0) is 4.79 Å². The summed E-state index contributed by atoms with van der Waals surface area (Å²) in [5.41, 5.74) is 1.25. The van der Waals surface area contributed by atoms with Crippen LogP contribution in [0.4, 0.5) is 5.69 Å². The second-order valence-corrected chi connectivity index (χ2v) is 4.32. The lowest BCUT2D eigenvalue weighted by molar-refractivity contribution is -0.132. The molecule has 2 rings (SSSR count). The van der Waals surface area contributed by atoms with Crippen molar-refractivity contribution in [3.63, 3.8) is 0 Å². The molecule has 0 fully saturated rings. The molecular weight excluding hydrogens is 250 g/mol. The molecule has 0 bridgehead atoms. The third-order valence-electron chi connectivity index (χ3n) is 2.79. The molecular formula is C17H19NO2. The summed E-state index contributed by atoms with van der Waals surface area (Å²) in [6, 6.07) is 14.2. The fourth-order valence-electron chi connectivity index (χ4n) is 1.75. The van der Waals surface area contributed by atoms with Crippen molar-refractivity contribution in [2.24, 2.45) is 4.99 Å². The van der Waals surface area contributed by atoms with Crippen LogP contribution in [0.25, 0.3) is 10.8 Å². The highest BCUT2D eigenvalue weighted by Crippen LogP contribution is 2.24. The van der Waals surface area contributed by atoms with Gasteiger partial charge >= 0.3 is 5.97 Å². The van der Waals surface area contributed by atoms with Crippen LogP contribution in [0.1, 0.15) is 19.8 Å². The van der Waals surface area contributed by atoms with Crippen LogP contribution >= 0.6 is 0 Å². The number of aliphatic imine (C=N–C) groups is 1. The maximum atomic E-state index is 9.99. The van der Waals surface area contributed by atoms with Gasteiger partial charge in [0.15, 0.2) is 0 Å². The molecule has 0 amide bonds. The van der Waals surface area contributed by atoms with Crippen LogP contribution < -0.4 is 0 Å². The zero-order valence-electron chi connectivity index (χ0n) is 11.7. The third kappa shape index (κ3) is 4.35. The number of nitrogens with zero attached hydrogens (tertiary/aromatic N) is 1. The maximum Gasteiger partial charge on any atom is 0.330 e. The summed E-state index contributed by atoms with van der Waals surface area (Å²) in [4.78, 5) is 13.9. The van der Waals surface area contributed by atoms with Gasteiger partial charge in [0, 0.05) is 11.0 Å². The molecule has 0 aromatic heterocycles. The molecule has 20 heavy (non-hydrogen) atoms. The number of hydrogen-bond donors (Lipinski definition) is 1. The molecule has 0 saturated heterocycles. The minimum absolute atomic E-state index is 0.299. The Morgan fingerprint density at radius 2 is 1.85 bits per heavy atom. The summed E-state index contributed by atoms with van der Waals surface area (Å²) >= 11 is 0. The van der Waals surface area contributed by atoms with Gasteiger partial charge in [-0.3, -0.25) is 4.99 Å². The van der Waals surface area contributed by atoms with E-state index < -0.39 is 5.97 Å². The Kier molecular flexibility index (Phi) is 6.17. The van der Waals surface area contributed by atoms with Crippen LogP contribution in [0, 0.1) is 0 Å². The largest absolute Gasteiger partial charge is 0.478 e. The van der Waals surface area contributed by atoms with Crippen molar-refractivity contribution in [3.8, 4) is 0 Å². The minimum Gasteiger partial charge on any atom is -0.478 e. The lowest BCUT2D eigenvalue weighted by Crippen LogP contribution is -1.97. The summed E-state index contributed by atoms with van der Waals surface area (Å²) in [5, 5.41) is 10.6. The van der Waals surface area contributed by atoms with Crippen LogP contribution in [0.3, 0.4) is 0 Å². The zero-order chi connectivity index (χ0) is 15.0. The Hall–Kier alpha value is -2.42. The number of hydrogen-bond acceptors (Lipinski definition) is 2. The molecule has 3 heteroatoms. The molecule has 0 saturated carbocycles. The Bertz CT molecular complexity index is 612. The predicted octanol–water partition coefficient (Wildman–Crippen LogP) is 4.60. The Morgan fingerprint density at radius 1 is 1.20 bits per heavy atom. The van der Waals surface area contributed by atoms with E-state index in [0.717, 1.165) is 17.5 Å². The first-order valence-corrected chi connectivity index (χ1v) is 6.45. The van der Waals surface area contributed by atoms with Crippen molar-refractivity contribution in [1.29, 1.82) is 0 Å². The second kappa shape index (κ2) is 7.89. The molecule has 0 aliphatic carbocycles. The number of carboxylic acids is 1. The SMILES string of the molecule is C=C(CCC)C(=O)O.C=Nc1cccc2ccccc12. The van der Waals surface area contributed by atoms with Crippen LogP contribution in [0.15, 0.2) is 59.6 Å². The molecule has 0 aliphatic rings. The number of fused-ring (bicyclic) bond motifs is 1. The highest BCUT2D eigenvalue weighted by molar-refractivity contribution is 5.92. The van der Waals surface area contributed by atoms with Gasteiger partial charge in [0.05, 0.1) is 5.69 Å². The number of carboxylic acid groups (broad SMARTS) is 1. The topological polar surface area (TPSA) is 49.7 Å². The van der Waals surface area contributed by atoms with E-state index >= 15 is 0 Å². The zero-order valence-corrected chi connectivity index (χ0v) is 11.7. The highest BCUT2D eigenvalue weighted by atomic mass is 16.4. The third-order valence-corrected chi connectivity index (χ3v) is 2.79. The molecule has 3 nitrogen and oxygen atoms in total. The number of carbonyl (C=O) groups is 1. The van der Waals surface area contributed by atoms with Gasteiger partial charge in [0.2, 0.25) is 0 Å². The van der Waals surface area contributed by atoms with Crippen molar-refractivity contribution in [1.82, 2.24) is 0 Å². The minimum atomic E-state index is -0.883. The van der Waals surface area contributed by atoms with Gasteiger partial charge in [-0.05, 0) is 24.6 Å². The Morgan fingerprint density at radius 3 is 2.40 bits per heavy atom. The van der Waals surface area contributed by atoms with Gasteiger partial charge < -0.3 is 5.11 Å². The number of rotatable bonds is 4. The van der Waals surface area contributed by atoms with Gasteiger partial charge in [-0.1, -0.05) is 56.3 Å². The van der Waals surface area contributed by atoms with Gasteiger partial charge in [-0.25, -0.2) is 4.79 Å². The molecule has 1 N–H and O–H groups in total. The molecule has 2 aromatic rings. The van der Waals surface area contributed by atoms with Crippen LogP contribution in [0.2, 0.25) is 0 Å². The standard InChI is InChI=1S/C11H9N.C6H10O2/c1-12-11-8-4-6-9-5-2-3-7-10(9)11;1-3-4-5(2)6(7)8/h2-8H,1H2;2-4H2,1H3,(H,7,8). The second-order valence-electron chi connectivity index (χ2n) is 4.32. The van der Waals surface area contributed by atoms with E-state index in [1.54, 1.807) is 0 Å². The van der Waals surface area contributed by atoms with Crippen LogP contribution in [0.5, 0.6) is 0 Å². The number of aliphatic carboxylic acids is 1. The van der Waals surface area contributed by atoms with E-state index in [9.17, 15) is 4.79 Å². The van der Waals surface area contributed by atoms with Crippen molar-refractivity contribution in [2.75, 3.05) is 0 Å². The van der Waals surface area contributed by atoms with E-state index in [0.29, 0.717) is 12.0 Å². The van der Waals surface area contributed by atoms with Gasteiger partial charge in [-0.15, -0.1) is 0 Å². The quantitative estimate of drug-likeness (QED) is 0.651. The lowest BCUT2D eigenvalue weighted by Gasteiger charge is -1.99. The predicted molar refractivity (Wildman–Crippen MR) is 84.8 cm³/mol. The lowest BCUT2D eigenvalue weighted by atomic mass is 10.1. The Labute approximate surface area is 119 Å². The van der Waals surface area contributed by atoms with Gasteiger partial charge in [0.25, 0.3) is 0 Å². The summed E-state index contributed by atoms with van der Waals surface area (Å²) in [5.74, 6) is -0.883. The van der Waals surface area contributed by atoms with Gasteiger partial charge in [-0.2, -0.15) is 0 Å². The van der Waals surface area contributed by atoms with E-state index in [4.69, 9.17) is 5.11 Å². The summed E-state index contributed by atoms with van der Waals surface area (Å²) < 4.78 is 0. The summed E-state index contributed by atoms with van der Waals surface area (Å²) in [6.07, 6.45) is 1.44. The first kappa shape index (κ1) is 15.6. The Balaban J connectivity index is 0.000000221. The fraction of sp³-hybridized carbons (Fsp3) is 0.176. The van der Waals surface area contributed by atoms with Crippen molar-refractivity contribution < 1.29 is 9.90 Å². The van der Waals surface area contributed by atoms with Crippen molar-refractivity contribution in [3.05, 3.63) is 54.6 Å². The molecule has 2 aromatic carbocycles. The van der Waals surface area contributed by atoms with E-state index in [-0.39, 0.29) is 0 Å². The molecule has 0 spiro atoms. The average molecular weight is 269 g/mol.